The molecule has 2 rings (SSSR count). The molecule has 1 aromatic heterocycles. The van der Waals surface area contributed by atoms with Gasteiger partial charge in [0.15, 0.2) is 0 Å². The summed E-state index contributed by atoms with van der Waals surface area (Å²) in [6.07, 6.45) is 0. The van der Waals surface area contributed by atoms with E-state index in [0.29, 0.717) is 17.1 Å². The molecule has 0 saturated heterocycles. The molecule has 1 heterocycles. The van der Waals surface area contributed by atoms with E-state index in [-0.39, 0.29) is 29.8 Å². The fraction of sp³-hybridized carbons (Fsp3) is 0.200. The van der Waals surface area contributed by atoms with Crippen molar-refractivity contribution in [3.05, 3.63) is 48.0 Å². The van der Waals surface area contributed by atoms with Gasteiger partial charge < -0.3 is 15.5 Å². The smallest absolute Gasteiger partial charge is 0.230 e. The maximum atomic E-state index is 13.6. The van der Waals surface area contributed by atoms with E-state index in [9.17, 15) is 14.0 Å². The number of hydrogen-bond donors (Lipinski definition) is 2. The van der Waals surface area contributed by atoms with Crippen LogP contribution in [0.4, 0.5) is 4.39 Å². The van der Waals surface area contributed by atoms with E-state index in [2.05, 4.69) is 5.32 Å². The number of halogens is 1. The number of nitrogens with two attached hydrogens (primary N) is 1. The minimum Gasteiger partial charge on any atom is -0.459 e. The van der Waals surface area contributed by atoms with E-state index in [1.54, 1.807) is 30.3 Å². The van der Waals surface area contributed by atoms with Crippen LogP contribution in [0.25, 0.3) is 11.3 Å². The third kappa shape index (κ3) is 4.63. The first-order valence-electron chi connectivity index (χ1n) is 6.52. The van der Waals surface area contributed by atoms with Crippen LogP contribution in [0.1, 0.15) is 5.76 Å². The minimum atomic E-state index is -0.460. The lowest BCUT2D eigenvalue weighted by Crippen LogP contribution is -2.25. The van der Waals surface area contributed by atoms with Crippen molar-refractivity contribution in [2.45, 2.75) is 6.54 Å². The number of hydrogen-bond acceptors (Lipinski definition) is 4. The van der Waals surface area contributed by atoms with Gasteiger partial charge in [0.2, 0.25) is 11.8 Å². The average Bonchev–Trinajstić information content (AvgIpc) is 2.94. The average molecular weight is 322 g/mol. The summed E-state index contributed by atoms with van der Waals surface area (Å²) < 4.78 is 19.1. The van der Waals surface area contributed by atoms with Crippen molar-refractivity contribution in [3.63, 3.8) is 0 Å². The Morgan fingerprint density at radius 3 is 2.68 bits per heavy atom. The fourth-order valence-electron chi connectivity index (χ4n) is 1.76. The van der Waals surface area contributed by atoms with Crippen molar-refractivity contribution < 1.29 is 18.4 Å². The van der Waals surface area contributed by atoms with Crippen LogP contribution in [-0.4, -0.2) is 23.3 Å². The first-order chi connectivity index (χ1) is 10.6. The molecule has 7 heteroatoms. The molecular weight excluding hydrogens is 307 g/mol. The Bertz CT molecular complexity index is 672. The van der Waals surface area contributed by atoms with E-state index >= 15 is 0 Å². The van der Waals surface area contributed by atoms with Gasteiger partial charge in [-0.1, -0.05) is 12.1 Å². The molecule has 0 aliphatic carbocycles. The molecule has 0 atom stereocenters. The number of nitrogens with one attached hydrogen (secondary N) is 1. The molecule has 0 bridgehead atoms. The number of furan rings is 1. The van der Waals surface area contributed by atoms with Crippen LogP contribution in [0.2, 0.25) is 0 Å². The highest BCUT2D eigenvalue weighted by Crippen LogP contribution is 2.24. The van der Waals surface area contributed by atoms with Gasteiger partial charge in [-0.25, -0.2) is 4.39 Å². The molecule has 2 aromatic rings. The quantitative estimate of drug-likeness (QED) is 0.815. The molecule has 0 radical (unpaired) electrons. The molecule has 5 nitrogen and oxygen atoms in total. The summed E-state index contributed by atoms with van der Waals surface area (Å²) in [6, 6.07) is 9.64. The normalized spacial score (nSPS) is 10.4. The van der Waals surface area contributed by atoms with Gasteiger partial charge in [0.05, 0.1) is 23.6 Å². The van der Waals surface area contributed by atoms with Gasteiger partial charge in [0, 0.05) is 0 Å². The van der Waals surface area contributed by atoms with Crippen molar-refractivity contribution in [1.29, 1.82) is 0 Å². The molecule has 2 amide bonds. The molecule has 0 unspecified atom stereocenters. The number of thioether (sulfide) groups is 1. The number of primary amides is 1. The van der Waals surface area contributed by atoms with Crippen LogP contribution in [0.5, 0.6) is 0 Å². The van der Waals surface area contributed by atoms with Crippen molar-refractivity contribution >= 4 is 23.6 Å². The van der Waals surface area contributed by atoms with Crippen molar-refractivity contribution in [3.8, 4) is 11.3 Å². The molecular formula is C15H15FN2O3S. The molecule has 22 heavy (non-hydrogen) atoms. The van der Waals surface area contributed by atoms with Crippen LogP contribution in [-0.2, 0) is 16.1 Å². The van der Waals surface area contributed by atoms with Crippen LogP contribution >= 0.6 is 11.8 Å². The summed E-state index contributed by atoms with van der Waals surface area (Å²) in [5, 5.41) is 2.65. The van der Waals surface area contributed by atoms with E-state index in [0.717, 1.165) is 11.8 Å². The minimum absolute atomic E-state index is 0.103. The second-order valence-electron chi connectivity index (χ2n) is 4.48. The summed E-state index contributed by atoms with van der Waals surface area (Å²) in [5.74, 6) is 0.121. The first kappa shape index (κ1) is 16.1. The van der Waals surface area contributed by atoms with Gasteiger partial charge in [-0.2, -0.15) is 0 Å². The molecule has 1 aromatic carbocycles. The summed E-state index contributed by atoms with van der Waals surface area (Å²) in [7, 11) is 0. The number of carbonyl (C=O) groups excluding carboxylic acids is 2. The topological polar surface area (TPSA) is 85.3 Å². The van der Waals surface area contributed by atoms with E-state index in [1.807, 2.05) is 0 Å². The second-order valence-corrected chi connectivity index (χ2v) is 5.47. The Hall–Kier alpha value is -2.28. The Morgan fingerprint density at radius 2 is 1.95 bits per heavy atom. The monoisotopic (exact) mass is 322 g/mol. The maximum absolute atomic E-state index is 13.6. The zero-order valence-electron chi connectivity index (χ0n) is 11.7. The zero-order chi connectivity index (χ0) is 15.9. The summed E-state index contributed by atoms with van der Waals surface area (Å²) in [6.45, 7) is 0.199. The third-order valence-corrected chi connectivity index (χ3v) is 3.69. The SMILES string of the molecule is NC(=O)CSCC(=O)NCc1ccc(-c2ccccc2F)o1. The summed E-state index contributed by atoms with van der Waals surface area (Å²) in [5.41, 5.74) is 5.35. The van der Waals surface area contributed by atoms with Crippen molar-refractivity contribution in [1.82, 2.24) is 5.32 Å². The molecule has 0 saturated carbocycles. The van der Waals surface area contributed by atoms with Crippen LogP contribution in [0.15, 0.2) is 40.8 Å². The van der Waals surface area contributed by atoms with Crippen LogP contribution in [0, 0.1) is 5.82 Å². The largest absolute Gasteiger partial charge is 0.459 e. The van der Waals surface area contributed by atoms with Crippen molar-refractivity contribution in [2.75, 3.05) is 11.5 Å². The van der Waals surface area contributed by atoms with E-state index < -0.39 is 5.91 Å². The predicted molar refractivity (Wildman–Crippen MR) is 82.5 cm³/mol. The van der Waals surface area contributed by atoms with Crippen LogP contribution < -0.4 is 11.1 Å². The lowest BCUT2D eigenvalue weighted by Gasteiger charge is -2.03. The highest BCUT2D eigenvalue weighted by molar-refractivity contribution is 8.00. The number of amides is 2. The van der Waals surface area contributed by atoms with E-state index in [1.165, 1.54) is 6.07 Å². The van der Waals surface area contributed by atoms with Crippen LogP contribution in [0.3, 0.4) is 0 Å². The standard InChI is InChI=1S/C15H15FN2O3S/c16-12-4-2-1-3-11(12)13-6-5-10(21-13)7-18-15(20)9-22-8-14(17)19/h1-6H,7-9H2,(H2,17,19)(H,18,20). The van der Waals surface area contributed by atoms with Gasteiger partial charge in [0.1, 0.15) is 17.3 Å². The zero-order valence-corrected chi connectivity index (χ0v) is 12.5. The van der Waals surface area contributed by atoms with Gasteiger partial charge in [-0.3, -0.25) is 9.59 Å². The molecule has 0 fully saturated rings. The third-order valence-electron chi connectivity index (χ3n) is 2.74. The Labute approximate surface area is 131 Å². The molecule has 0 spiro atoms. The number of rotatable bonds is 7. The number of carbonyl (C=O) groups is 2. The Morgan fingerprint density at radius 1 is 1.18 bits per heavy atom. The van der Waals surface area contributed by atoms with E-state index in [4.69, 9.17) is 10.2 Å². The first-order valence-corrected chi connectivity index (χ1v) is 7.68. The second kappa shape index (κ2) is 7.65. The summed E-state index contributed by atoms with van der Waals surface area (Å²) in [4.78, 5) is 22.1. The van der Waals surface area contributed by atoms with Gasteiger partial charge >= 0.3 is 0 Å². The van der Waals surface area contributed by atoms with Gasteiger partial charge in [0.25, 0.3) is 0 Å². The highest BCUT2D eigenvalue weighted by Gasteiger charge is 2.10. The Kier molecular flexibility index (Phi) is 5.60. The molecule has 0 aliphatic heterocycles. The fourth-order valence-corrected chi connectivity index (χ4v) is 2.35. The van der Waals surface area contributed by atoms with Gasteiger partial charge in [-0.05, 0) is 24.3 Å². The molecule has 0 aliphatic rings. The molecule has 3 N–H and O–H groups in total. The highest BCUT2D eigenvalue weighted by atomic mass is 32.2. The van der Waals surface area contributed by atoms with Crippen molar-refractivity contribution in [2.24, 2.45) is 5.73 Å². The Balaban J connectivity index is 1.86. The van der Waals surface area contributed by atoms with Gasteiger partial charge in [-0.15, -0.1) is 11.8 Å². The summed E-state index contributed by atoms with van der Waals surface area (Å²) >= 11 is 1.14. The maximum Gasteiger partial charge on any atom is 0.230 e. The lowest BCUT2D eigenvalue weighted by molar-refractivity contribution is -0.118. The predicted octanol–water partition coefficient (Wildman–Crippen LogP) is 1.92. The molecule has 116 valence electrons. The number of benzene rings is 1. The lowest BCUT2D eigenvalue weighted by atomic mass is 10.1.